The number of nitrogens with two attached hydrogens (primary N) is 1. The minimum Gasteiger partial charge on any atom is -0.376 e. The van der Waals surface area contributed by atoms with E-state index in [1.165, 1.54) is 12.8 Å². The van der Waals surface area contributed by atoms with Gasteiger partial charge in [0.05, 0.1) is 17.7 Å². The second-order valence-corrected chi connectivity index (χ2v) is 5.26. The molecule has 4 nitrogen and oxygen atoms in total. The molecule has 3 N–H and O–H groups in total. The molecule has 0 spiro atoms. The minimum absolute atomic E-state index is 0.0800. The lowest BCUT2D eigenvalue weighted by atomic mass is 10.0. The largest absolute Gasteiger partial charge is 0.376 e. The number of nitrogens with one attached hydrogen (secondary N) is 1. The van der Waals surface area contributed by atoms with Gasteiger partial charge in [0.15, 0.2) is 0 Å². The van der Waals surface area contributed by atoms with Gasteiger partial charge in [0.25, 0.3) is 0 Å². The first-order valence-corrected chi connectivity index (χ1v) is 5.70. The van der Waals surface area contributed by atoms with Gasteiger partial charge in [0.2, 0.25) is 5.91 Å². The number of amides is 1. The van der Waals surface area contributed by atoms with Crippen molar-refractivity contribution in [3.05, 3.63) is 0 Å². The van der Waals surface area contributed by atoms with Gasteiger partial charge in [-0.15, -0.1) is 0 Å². The van der Waals surface area contributed by atoms with Crippen molar-refractivity contribution < 1.29 is 9.53 Å². The summed E-state index contributed by atoms with van der Waals surface area (Å²) in [4.78, 5) is 11.7. The lowest BCUT2D eigenvalue weighted by Gasteiger charge is -2.24. The van der Waals surface area contributed by atoms with E-state index in [0.29, 0.717) is 5.92 Å². The van der Waals surface area contributed by atoms with Crippen LogP contribution >= 0.6 is 0 Å². The Hall–Kier alpha value is -0.610. The molecule has 86 valence electrons. The summed E-state index contributed by atoms with van der Waals surface area (Å²) >= 11 is 0. The molecule has 1 heterocycles. The fourth-order valence-electron chi connectivity index (χ4n) is 2.01. The Morgan fingerprint density at radius 2 is 2.07 bits per heavy atom. The average molecular weight is 212 g/mol. The molecular weight excluding hydrogens is 192 g/mol. The molecule has 4 heteroatoms. The molecule has 1 amide bonds. The molecule has 0 aromatic heterocycles. The summed E-state index contributed by atoms with van der Waals surface area (Å²) < 4.78 is 5.65. The smallest absolute Gasteiger partial charge is 0.239 e. The Morgan fingerprint density at radius 1 is 1.40 bits per heavy atom. The summed E-state index contributed by atoms with van der Waals surface area (Å²) in [6, 6.07) is 0.174. The summed E-state index contributed by atoms with van der Waals surface area (Å²) in [6.45, 7) is 4.21. The Labute approximate surface area is 90.5 Å². The van der Waals surface area contributed by atoms with E-state index >= 15 is 0 Å². The average Bonchev–Trinajstić information content (AvgIpc) is 2.86. The van der Waals surface area contributed by atoms with Gasteiger partial charge in [-0.1, -0.05) is 0 Å². The molecule has 0 aromatic carbocycles. The van der Waals surface area contributed by atoms with Gasteiger partial charge in [-0.05, 0) is 39.0 Å². The van der Waals surface area contributed by atoms with Crippen molar-refractivity contribution in [3.63, 3.8) is 0 Å². The van der Waals surface area contributed by atoms with Crippen molar-refractivity contribution in [1.82, 2.24) is 5.32 Å². The molecule has 2 rings (SSSR count). The summed E-state index contributed by atoms with van der Waals surface area (Å²) in [5.41, 5.74) is 4.95. The van der Waals surface area contributed by atoms with Gasteiger partial charge in [-0.2, -0.15) is 0 Å². The van der Waals surface area contributed by atoms with Crippen molar-refractivity contribution >= 4 is 5.91 Å². The monoisotopic (exact) mass is 212 g/mol. The first-order chi connectivity index (χ1) is 6.98. The Morgan fingerprint density at radius 3 is 2.60 bits per heavy atom. The lowest BCUT2D eigenvalue weighted by Crippen LogP contribution is -2.54. The highest BCUT2D eigenvalue weighted by molar-refractivity contribution is 5.85. The van der Waals surface area contributed by atoms with Crippen LogP contribution in [0.3, 0.4) is 0 Å². The molecular formula is C11H20N2O2. The van der Waals surface area contributed by atoms with Crippen molar-refractivity contribution in [2.24, 2.45) is 11.7 Å². The van der Waals surface area contributed by atoms with E-state index in [4.69, 9.17) is 10.5 Å². The van der Waals surface area contributed by atoms with Crippen LogP contribution in [0, 0.1) is 5.92 Å². The van der Waals surface area contributed by atoms with Crippen LogP contribution in [0.4, 0.5) is 0 Å². The van der Waals surface area contributed by atoms with E-state index in [9.17, 15) is 4.79 Å². The number of hydrogen-bond donors (Lipinski definition) is 2. The van der Waals surface area contributed by atoms with Crippen molar-refractivity contribution in [1.29, 1.82) is 0 Å². The Kier molecular flexibility index (Phi) is 2.73. The molecule has 1 aliphatic heterocycles. The number of ether oxygens (including phenoxy) is 1. The molecule has 15 heavy (non-hydrogen) atoms. The van der Waals surface area contributed by atoms with Gasteiger partial charge in [0, 0.05) is 6.61 Å². The fourth-order valence-corrected chi connectivity index (χ4v) is 2.01. The molecule has 1 saturated carbocycles. The standard InChI is InChI=1S/C11H20N2O2/c1-11(2,12)10(14)13-8-5-6-15-9(8)7-3-4-7/h7-9H,3-6,12H2,1-2H3,(H,13,14). The third-order valence-electron chi connectivity index (χ3n) is 3.12. The van der Waals surface area contributed by atoms with Crippen LogP contribution in [-0.4, -0.2) is 30.2 Å². The zero-order valence-electron chi connectivity index (χ0n) is 9.45. The normalized spacial score (nSPS) is 31.7. The number of carbonyl (C=O) groups excluding carboxylic acids is 1. The Balaban J connectivity index is 1.90. The molecule has 0 aromatic rings. The van der Waals surface area contributed by atoms with E-state index in [2.05, 4.69) is 5.32 Å². The van der Waals surface area contributed by atoms with Gasteiger partial charge < -0.3 is 15.8 Å². The predicted octanol–water partition coefficient (Wildman–Crippen LogP) is 0.407. The van der Waals surface area contributed by atoms with Crippen molar-refractivity contribution in [2.75, 3.05) is 6.61 Å². The zero-order chi connectivity index (χ0) is 11.1. The van der Waals surface area contributed by atoms with E-state index < -0.39 is 5.54 Å². The maximum Gasteiger partial charge on any atom is 0.239 e. The van der Waals surface area contributed by atoms with E-state index in [0.717, 1.165) is 13.0 Å². The summed E-state index contributed by atoms with van der Waals surface area (Å²) in [7, 11) is 0. The van der Waals surface area contributed by atoms with Gasteiger partial charge in [0.1, 0.15) is 0 Å². The lowest BCUT2D eigenvalue weighted by molar-refractivity contribution is -0.126. The van der Waals surface area contributed by atoms with Crippen LogP contribution in [0.15, 0.2) is 0 Å². The van der Waals surface area contributed by atoms with Gasteiger partial charge >= 0.3 is 0 Å². The van der Waals surface area contributed by atoms with Crippen LogP contribution in [0.2, 0.25) is 0 Å². The maximum absolute atomic E-state index is 11.7. The van der Waals surface area contributed by atoms with Crippen LogP contribution in [-0.2, 0) is 9.53 Å². The Bertz CT molecular complexity index is 256. The van der Waals surface area contributed by atoms with E-state index in [1.807, 2.05) is 0 Å². The summed E-state index contributed by atoms with van der Waals surface area (Å²) in [5, 5.41) is 3.00. The third kappa shape index (κ3) is 2.49. The molecule has 2 fully saturated rings. The van der Waals surface area contributed by atoms with E-state index in [1.54, 1.807) is 13.8 Å². The van der Waals surface area contributed by atoms with Gasteiger partial charge in [-0.25, -0.2) is 0 Å². The maximum atomic E-state index is 11.7. The van der Waals surface area contributed by atoms with E-state index in [-0.39, 0.29) is 18.1 Å². The minimum atomic E-state index is -0.795. The molecule has 0 bridgehead atoms. The highest BCUT2D eigenvalue weighted by Crippen LogP contribution is 2.38. The summed E-state index contributed by atoms with van der Waals surface area (Å²) in [6.07, 6.45) is 3.63. The number of carbonyl (C=O) groups is 1. The van der Waals surface area contributed by atoms with Crippen molar-refractivity contribution in [2.45, 2.75) is 50.8 Å². The van der Waals surface area contributed by atoms with Crippen molar-refractivity contribution in [3.8, 4) is 0 Å². The second-order valence-electron chi connectivity index (χ2n) is 5.26. The molecule has 2 aliphatic rings. The number of rotatable bonds is 3. The fraction of sp³-hybridized carbons (Fsp3) is 0.909. The first kappa shape index (κ1) is 10.9. The zero-order valence-corrected chi connectivity index (χ0v) is 9.45. The topological polar surface area (TPSA) is 64.4 Å². The number of hydrogen-bond acceptors (Lipinski definition) is 3. The molecule has 1 saturated heterocycles. The third-order valence-corrected chi connectivity index (χ3v) is 3.12. The quantitative estimate of drug-likeness (QED) is 0.712. The second kappa shape index (κ2) is 3.76. The van der Waals surface area contributed by atoms with Crippen LogP contribution in [0.1, 0.15) is 33.1 Å². The first-order valence-electron chi connectivity index (χ1n) is 5.70. The molecule has 2 atom stereocenters. The predicted molar refractivity (Wildman–Crippen MR) is 57.3 cm³/mol. The molecule has 2 unspecified atom stereocenters. The van der Waals surface area contributed by atoms with Gasteiger partial charge in [-0.3, -0.25) is 4.79 Å². The molecule has 1 aliphatic carbocycles. The van der Waals surface area contributed by atoms with Crippen LogP contribution in [0.5, 0.6) is 0 Å². The summed E-state index contributed by atoms with van der Waals surface area (Å²) in [5.74, 6) is 0.585. The van der Waals surface area contributed by atoms with Crippen LogP contribution in [0.25, 0.3) is 0 Å². The SMILES string of the molecule is CC(C)(N)C(=O)NC1CCOC1C1CC1. The highest BCUT2D eigenvalue weighted by atomic mass is 16.5. The molecule has 0 radical (unpaired) electrons. The highest BCUT2D eigenvalue weighted by Gasteiger charge is 2.42. The van der Waals surface area contributed by atoms with Crippen LogP contribution < -0.4 is 11.1 Å².